The van der Waals surface area contributed by atoms with E-state index in [1.54, 1.807) is 0 Å². The van der Waals surface area contributed by atoms with Gasteiger partial charge in [-0.05, 0) is 67.8 Å². The van der Waals surface area contributed by atoms with Gasteiger partial charge in [0.25, 0.3) is 11.8 Å². The van der Waals surface area contributed by atoms with E-state index in [9.17, 15) is 9.59 Å². The van der Waals surface area contributed by atoms with Gasteiger partial charge in [-0.15, -0.1) is 0 Å². The van der Waals surface area contributed by atoms with Crippen LogP contribution >= 0.6 is 0 Å². The summed E-state index contributed by atoms with van der Waals surface area (Å²) >= 11 is 0. The number of carbonyl (C=O) groups is 2. The van der Waals surface area contributed by atoms with Crippen molar-refractivity contribution in [2.45, 2.75) is 136 Å². The van der Waals surface area contributed by atoms with Crippen LogP contribution in [0, 0.1) is 0 Å². The molecule has 0 saturated heterocycles. The van der Waals surface area contributed by atoms with Crippen molar-refractivity contribution >= 4 is 23.2 Å². The first-order valence-electron chi connectivity index (χ1n) is 17.6. The zero-order chi connectivity index (χ0) is 31.0. The molecule has 0 spiro atoms. The fraction of sp³-hybridized carbons (Fsp3) is 0.632. The molecule has 0 saturated carbocycles. The number of benzene rings is 2. The monoisotopic (exact) mass is 591 g/mol. The SMILES string of the molecule is CCCCCCCCCCNC(=O)c1ccc(N(CCCC)c2ccc(C(=O)NCCCCCCCCCC)cc2)cc1. The Morgan fingerprint density at radius 2 is 0.791 bits per heavy atom. The molecule has 240 valence electrons. The van der Waals surface area contributed by atoms with Crippen LogP contribution in [0.25, 0.3) is 0 Å². The Hall–Kier alpha value is -2.82. The van der Waals surface area contributed by atoms with Gasteiger partial charge < -0.3 is 15.5 Å². The van der Waals surface area contributed by atoms with Crippen molar-refractivity contribution in [2.24, 2.45) is 0 Å². The predicted molar refractivity (Wildman–Crippen MR) is 185 cm³/mol. The highest BCUT2D eigenvalue weighted by Crippen LogP contribution is 2.27. The summed E-state index contributed by atoms with van der Waals surface area (Å²) in [4.78, 5) is 27.6. The highest BCUT2D eigenvalue weighted by molar-refractivity contribution is 5.95. The molecular weight excluding hydrogens is 530 g/mol. The molecule has 0 aliphatic heterocycles. The van der Waals surface area contributed by atoms with E-state index >= 15 is 0 Å². The van der Waals surface area contributed by atoms with Crippen molar-refractivity contribution in [3.63, 3.8) is 0 Å². The Kier molecular flexibility index (Phi) is 20.0. The number of unbranched alkanes of at least 4 members (excludes halogenated alkanes) is 15. The summed E-state index contributed by atoms with van der Waals surface area (Å²) in [6.07, 6.45) is 22.3. The Morgan fingerprint density at radius 3 is 1.14 bits per heavy atom. The molecule has 2 amide bonds. The lowest BCUT2D eigenvalue weighted by Gasteiger charge is -2.25. The minimum Gasteiger partial charge on any atom is -0.352 e. The van der Waals surface area contributed by atoms with E-state index in [0.717, 1.165) is 56.7 Å². The average Bonchev–Trinajstić information content (AvgIpc) is 3.03. The Balaban J connectivity index is 1.81. The Morgan fingerprint density at radius 1 is 0.465 bits per heavy atom. The van der Waals surface area contributed by atoms with Crippen LogP contribution in [0.4, 0.5) is 11.4 Å². The summed E-state index contributed by atoms with van der Waals surface area (Å²) < 4.78 is 0. The second-order valence-electron chi connectivity index (χ2n) is 12.1. The average molecular weight is 592 g/mol. The summed E-state index contributed by atoms with van der Waals surface area (Å²) in [5.41, 5.74) is 3.50. The van der Waals surface area contributed by atoms with Crippen LogP contribution in [0.2, 0.25) is 0 Å². The molecule has 0 aliphatic carbocycles. The Bertz CT molecular complexity index is 910. The van der Waals surface area contributed by atoms with Gasteiger partial charge in [0.15, 0.2) is 0 Å². The van der Waals surface area contributed by atoms with Gasteiger partial charge in [0.05, 0.1) is 0 Å². The topological polar surface area (TPSA) is 61.4 Å². The van der Waals surface area contributed by atoms with Crippen LogP contribution in [-0.4, -0.2) is 31.4 Å². The number of hydrogen-bond donors (Lipinski definition) is 2. The molecule has 0 bridgehead atoms. The summed E-state index contributed by atoms with van der Waals surface area (Å²) in [6, 6.07) is 15.8. The molecule has 2 aromatic carbocycles. The second kappa shape index (κ2) is 23.6. The molecule has 0 unspecified atom stereocenters. The molecule has 0 radical (unpaired) electrons. The predicted octanol–water partition coefficient (Wildman–Crippen LogP) is 10.4. The third-order valence-corrected chi connectivity index (χ3v) is 8.25. The van der Waals surface area contributed by atoms with E-state index < -0.39 is 0 Å². The molecule has 0 fully saturated rings. The normalized spacial score (nSPS) is 11.0. The lowest BCUT2D eigenvalue weighted by Crippen LogP contribution is -2.25. The largest absolute Gasteiger partial charge is 0.352 e. The van der Waals surface area contributed by atoms with E-state index in [0.29, 0.717) is 11.1 Å². The quantitative estimate of drug-likeness (QED) is 0.113. The van der Waals surface area contributed by atoms with Crippen LogP contribution in [0.15, 0.2) is 48.5 Å². The minimum absolute atomic E-state index is 0.00283. The van der Waals surface area contributed by atoms with Crippen molar-refractivity contribution in [1.29, 1.82) is 0 Å². The van der Waals surface area contributed by atoms with Crippen molar-refractivity contribution in [3.05, 3.63) is 59.7 Å². The van der Waals surface area contributed by atoms with Gasteiger partial charge in [-0.2, -0.15) is 0 Å². The molecule has 2 aromatic rings. The van der Waals surface area contributed by atoms with E-state index in [1.165, 1.54) is 89.9 Å². The maximum absolute atomic E-state index is 12.7. The van der Waals surface area contributed by atoms with Crippen molar-refractivity contribution in [3.8, 4) is 0 Å². The van der Waals surface area contributed by atoms with Gasteiger partial charge in [-0.1, -0.05) is 117 Å². The molecule has 0 heterocycles. The lowest BCUT2D eigenvalue weighted by molar-refractivity contribution is 0.0944. The number of carbonyl (C=O) groups excluding carboxylic acids is 2. The Labute approximate surface area is 263 Å². The highest BCUT2D eigenvalue weighted by atomic mass is 16.2. The first-order chi connectivity index (χ1) is 21.1. The van der Waals surface area contributed by atoms with Gasteiger partial charge in [-0.25, -0.2) is 0 Å². The first kappa shape index (κ1) is 36.4. The van der Waals surface area contributed by atoms with Crippen LogP contribution in [0.5, 0.6) is 0 Å². The van der Waals surface area contributed by atoms with E-state index in [1.807, 2.05) is 48.5 Å². The van der Waals surface area contributed by atoms with E-state index in [4.69, 9.17) is 0 Å². The third kappa shape index (κ3) is 15.5. The van der Waals surface area contributed by atoms with Gasteiger partial charge in [0.1, 0.15) is 0 Å². The number of rotatable bonds is 25. The van der Waals surface area contributed by atoms with Crippen molar-refractivity contribution in [2.75, 3.05) is 24.5 Å². The molecule has 5 heteroatoms. The molecule has 2 rings (SSSR count). The standard InChI is InChI=1S/C38H61N3O2/c1-4-7-10-12-14-16-18-20-30-39-37(42)33-22-26-35(27-23-33)41(32-9-6-3)36-28-24-34(25-29-36)38(43)40-31-21-19-17-15-13-11-8-5-2/h22-29H,4-21,30-32H2,1-3H3,(H,39,42)(H,40,43). The lowest BCUT2D eigenvalue weighted by atomic mass is 10.1. The molecule has 0 atom stereocenters. The maximum Gasteiger partial charge on any atom is 0.251 e. The first-order valence-corrected chi connectivity index (χ1v) is 17.6. The van der Waals surface area contributed by atoms with Gasteiger partial charge in [0, 0.05) is 42.1 Å². The number of anilines is 2. The molecule has 0 aliphatic rings. The van der Waals surface area contributed by atoms with Crippen molar-refractivity contribution in [1.82, 2.24) is 10.6 Å². The number of hydrogen-bond acceptors (Lipinski definition) is 3. The second-order valence-corrected chi connectivity index (χ2v) is 12.1. The van der Waals surface area contributed by atoms with Crippen molar-refractivity contribution < 1.29 is 9.59 Å². The molecule has 2 N–H and O–H groups in total. The number of nitrogens with zero attached hydrogens (tertiary/aromatic N) is 1. The van der Waals surface area contributed by atoms with Crippen LogP contribution in [0.1, 0.15) is 157 Å². The summed E-state index contributed by atoms with van der Waals surface area (Å²) in [5, 5.41) is 6.17. The fourth-order valence-electron chi connectivity index (χ4n) is 5.43. The molecule has 0 aromatic heterocycles. The minimum atomic E-state index is -0.00283. The summed E-state index contributed by atoms with van der Waals surface area (Å²) in [7, 11) is 0. The van der Waals surface area contributed by atoms with Gasteiger partial charge in [-0.3, -0.25) is 9.59 Å². The zero-order valence-electron chi connectivity index (χ0n) is 27.7. The highest BCUT2D eigenvalue weighted by Gasteiger charge is 2.13. The molecule has 5 nitrogen and oxygen atoms in total. The smallest absolute Gasteiger partial charge is 0.251 e. The molecule has 43 heavy (non-hydrogen) atoms. The maximum atomic E-state index is 12.7. The van der Waals surface area contributed by atoms with Crippen LogP contribution in [-0.2, 0) is 0 Å². The van der Waals surface area contributed by atoms with Gasteiger partial charge >= 0.3 is 0 Å². The van der Waals surface area contributed by atoms with E-state index in [-0.39, 0.29) is 11.8 Å². The number of nitrogens with one attached hydrogen (secondary N) is 2. The molecular formula is C38H61N3O2. The fourth-order valence-corrected chi connectivity index (χ4v) is 5.43. The van der Waals surface area contributed by atoms with E-state index in [2.05, 4.69) is 36.3 Å². The van der Waals surface area contributed by atoms with Gasteiger partial charge in [0.2, 0.25) is 0 Å². The third-order valence-electron chi connectivity index (χ3n) is 8.25. The van der Waals surface area contributed by atoms with Crippen LogP contribution < -0.4 is 15.5 Å². The summed E-state index contributed by atoms with van der Waals surface area (Å²) in [6.45, 7) is 9.04. The zero-order valence-corrected chi connectivity index (χ0v) is 27.7. The van der Waals surface area contributed by atoms with Crippen LogP contribution in [0.3, 0.4) is 0 Å². The summed E-state index contributed by atoms with van der Waals surface area (Å²) in [5.74, 6) is -0.00566. The number of amides is 2.